The highest BCUT2D eigenvalue weighted by molar-refractivity contribution is 9.10. The Morgan fingerprint density at radius 1 is 1.45 bits per heavy atom. The summed E-state index contributed by atoms with van der Waals surface area (Å²) in [5, 5.41) is 14.9. The number of hydrogen-bond donors (Lipinski definition) is 3. The number of benzene rings is 1. The van der Waals surface area contributed by atoms with E-state index in [2.05, 4.69) is 26.6 Å². The predicted molar refractivity (Wildman–Crippen MR) is 83.6 cm³/mol. The highest BCUT2D eigenvalue weighted by atomic mass is 79.9. The standard InChI is InChI=1S/C13H15BrN2O3S/c14-8-3-4-10(12(17)18)11(6-8)16-13(19)15-7-9-2-1-5-20-9/h3-4,6,9H,1-2,5,7H2,(H,17,18)(H2,15,16,19). The molecule has 2 rings (SSSR count). The number of amides is 2. The largest absolute Gasteiger partial charge is 0.478 e. The fourth-order valence-electron chi connectivity index (χ4n) is 1.98. The van der Waals surface area contributed by atoms with Crippen LogP contribution in [0, 0.1) is 0 Å². The van der Waals surface area contributed by atoms with Gasteiger partial charge in [0.05, 0.1) is 11.3 Å². The van der Waals surface area contributed by atoms with Gasteiger partial charge in [0, 0.05) is 16.3 Å². The number of halogens is 1. The number of nitrogens with one attached hydrogen (secondary N) is 2. The van der Waals surface area contributed by atoms with Crippen LogP contribution in [0.1, 0.15) is 23.2 Å². The Morgan fingerprint density at radius 2 is 2.25 bits per heavy atom. The molecule has 0 radical (unpaired) electrons. The van der Waals surface area contributed by atoms with Gasteiger partial charge in [-0.15, -0.1) is 0 Å². The number of thioether (sulfide) groups is 1. The topological polar surface area (TPSA) is 78.4 Å². The van der Waals surface area contributed by atoms with E-state index >= 15 is 0 Å². The molecule has 108 valence electrons. The zero-order valence-electron chi connectivity index (χ0n) is 10.7. The summed E-state index contributed by atoms with van der Waals surface area (Å²) in [5.41, 5.74) is 0.349. The van der Waals surface area contributed by atoms with E-state index in [0.29, 0.717) is 16.3 Å². The molecule has 2 amide bonds. The number of aromatic carboxylic acids is 1. The Kier molecular flexibility index (Phi) is 5.31. The molecule has 0 bridgehead atoms. The Bertz CT molecular complexity index is 518. The molecule has 1 unspecified atom stereocenters. The van der Waals surface area contributed by atoms with Crippen LogP contribution in [0.15, 0.2) is 22.7 Å². The lowest BCUT2D eigenvalue weighted by atomic mass is 10.2. The van der Waals surface area contributed by atoms with E-state index in [0.717, 1.165) is 12.2 Å². The summed E-state index contributed by atoms with van der Waals surface area (Å²) in [5.74, 6) is 0.0714. The van der Waals surface area contributed by atoms with Crippen molar-refractivity contribution in [2.45, 2.75) is 18.1 Å². The minimum absolute atomic E-state index is 0.0681. The fraction of sp³-hybridized carbons (Fsp3) is 0.385. The number of carboxylic acid groups (broad SMARTS) is 1. The molecule has 7 heteroatoms. The van der Waals surface area contributed by atoms with Crippen molar-refractivity contribution in [1.29, 1.82) is 0 Å². The van der Waals surface area contributed by atoms with Gasteiger partial charge >= 0.3 is 12.0 Å². The van der Waals surface area contributed by atoms with Gasteiger partial charge < -0.3 is 15.7 Å². The van der Waals surface area contributed by atoms with E-state index < -0.39 is 5.97 Å². The molecule has 3 N–H and O–H groups in total. The van der Waals surface area contributed by atoms with Crippen molar-refractivity contribution in [3.63, 3.8) is 0 Å². The van der Waals surface area contributed by atoms with Crippen LogP contribution in [-0.2, 0) is 0 Å². The molecule has 0 aliphatic carbocycles. The summed E-state index contributed by atoms with van der Waals surface area (Å²) in [6.45, 7) is 0.604. The van der Waals surface area contributed by atoms with Crippen LogP contribution >= 0.6 is 27.7 Å². The second-order valence-electron chi connectivity index (χ2n) is 4.47. The normalized spacial score (nSPS) is 17.8. The van der Waals surface area contributed by atoms with Crippen molar-refractivity contribution < 1.29 is 14.7 Å². The number of carbonyl (C=O) groups excluding carboxylic acids is 1. The highest BCUT2D eigenvalue weighted by Gasteiger charge is 2.17. The monoisotopic (exact) mass is 358 g/mol. The van der Waals surface area contributed by atoms with Crippen LogP contribution in [-0.4, -0.2) is 34.7 Å². The summed E-state index contributed by atoms with van der Waals surface area (Å²) in [6, 6.07) is 4.28. The lowest BCUT2D eigenvalue weighted by Crippen LogP contribution is -2.33. The fourth-order valence-corrected chi connectivity index (χ4v) is 3.55. The van der Waals surface area contributed by atoms with E-state index in [4.69, 9.17) is 5.11 Å². The van der Waals surface area contributed by atoms with E-state index in [1.54, 1.807) is 12.1 Å². The second kappa shape index (κ2) is 6.99. The van der Waals surface area contributed by atoms with Crippen LogP contribution < -0.4 is 10.6 Å². The van der Waals surface area contributed by atoms with Crippen molar-refractivity contribution in [2.75, 3.05) is 17.6 Å². The van der Waals surface area contributed by atoms with Crippen LogP contribution in [0.4, 0.5) is 10.5 Å². The average Bonchev–Trinajstić information content (AvgIpc) is 2.89. The van der Waals surface area contributed by atoms with Crippen LogP contribution in [0.2, 0.25) is 0 Å². The maximum atomic E-state index is 11.8. The zero-order chi connectivity index (χ0) is 14.5. The Labute approximate surface area is 129 Å². The molecule has 0 spiro atoms. The number of anilines is 1. The highest BCUT2D eigenvalue weighted by Crippen LogP contribution is 2.25. The van der Waals surface area contributed by atoms with Gasteiger partial charge in [-0.2, -0.15) is 11.8 Å². The summed E-state index contributed by atoms with van der Waals surface area (Å²) in [6.07, 6.45) is 2.30. The number of urea groups is 1. The Morgan fingerprint density at radius 3 is 2.90 bits per heavy atom. The van der Waals surface area contributed by atoms with Gasteiger partial charge in [-0.05, 0) is 36.8 Å². The SMILES string of the molecule is O=C(NCC1CCCS1)Nc1cc(Br)ccc1C(=O)O. The number of hydrogen-bond acceptors (Lipinski definition) is 3. The van der Waals surface area contributed by atoms with Crippen LogP contribution in [0.5, 0.6) is 0 Å². The van der Waals surface area contributed by atoms with Gasteiger partial charge in [0.2, 0.25) is 0 Å². The maximum Gasteiger partial charge on any atom is 0.337 e. The van der Waals surface area contributed by atoms with Crippen molar-refractivity contribution in [1.82, 2.24) is 5.32 Å². The average molecular weight is 359 g/mol. The van der Waals surface area contributed by atoms with Gasteiger partial charge in [0.1, 0.15) is 0 Å². The zero-order valence-corrected chi connectivity index (χ0v) is 13.1. The summed E-state index contributed by atoms with van der Waals surface area (Å²) in [4.78, 5) is 22.9. The molecule has 20 heavy (non-hydrogen) atoms. The van der Waals surface area contributed by atoms with Crippen LogP contribution in [0.25, 0.3) is 0 Å². The quantitative estimate of drug-likeness (QED) is 0.772. The van der Waals surface area contributed by atoms with E-state index in [1.807, 2.05) is 11.8 Å². The molecule has 5 nitrogen and oxygen atoms in total. The molecule has 1 aliphatic heterocycles. The maximum absolute atomic E-state index is 11.8. The third-order valence-corrected chi connectivity index (χ3v) is 4.87. The molecule has 1 heterocycles. The molecular weight excluding hydrogens is 344 g/mol. The lowest BCUT2D eigenvalue weighted by Gasteiger charge is -2.12. The molecule has 1 fully saturated rings. The smallest absolute Gasteiger partial charge is 0.337 e. The first-order chi connectivity index (χ1) is 9.56. The summed E-state index contributed by atoms with van der Waals surface area (Å²) >= 11 is 5.12. The Balaban J connectivity index is 1.96. The molecule has 1 aliphatic rings. The van der Waals surface area contributed by atoms with Crippen molar-refractivity contribution in [3.05, 3.63) is 28.2 Å². The van der Waals surface area contributed by atoms with Gasteiger partial charge in [-0.3, -0.25) is 0 Å². The first-order valence-corrected chi connectivity index (χ1v) is 8.10. The third-order valence-electron chi connectivity index (χ3n) is 2.97. The first-order valence-electron chi connectivity index (χ1n) is 6.25. The van der Waals surface area contributed by atoms with Crippen molar-refractivity contribution in [3.8, 4) is 0 Å². The van der Waals surface area contributed by atoms with E-state index in [9.17, 15) is 9.59 Å². The van der Waals surface area contributed by atoms with E-state index in [1.165, 1.54) is 12.5 Å². The molecule has 0 saturated carbocycles. The summed E-state index contributed by atoms with van der Waals surface area (Å²) in [7, 11) is 0. The minimum Gasteiger partial charge on any atom is -0.478 e. The molecule has 0 aromatic heterocycles. The van der Waals surface area contributed by atoms with Gasteiger partial charge in [-0.1, -0.05) is 15.9 Å². The minimum atomic E-state index is -1.07. The van der Waals surface area contributed by atoms with Crippen molar-refractivity contribution in [2.24, 2.45) is 0 Å². The van der Waals surface area contributed by atoms with Gasteiger partial charge in [0.15, 0.2) is 0 Å². The molecule has 1 saturated heterocycles. The number of carbonyl (C=O) groups is 2. The first kappa shape index (κ1) is 15.2. The predicted octanol–water partition coefficient (Wildman–Crippen LogP) is 3.16. The molecule has 1 aromatic rings. The second-order valence-corrected chi connectivity index (χ2v) is 6.79. The molecular formula is C13H15BrN2O3S. The van der Waals surface area contributed by atoms with Gasteiger partial charge in [0.25, 0.3) is 0 Å². The molecule has 1 aromatic carbocycles. The summed E-state index contributed by atoms with van der Waals surface area (Å²) < 4.78 is 0.712. The van der Waals surface area contributed by atoms with Crippen molar-refractivity contribution >= 4 is 45.4 Å². The van der Waals surface area contributed by atoms with Crippen LogP contribution in [0.3, 0.4) is 0 Å². The van der Waals surface area contributed by atoms with E-state index in [-0.39, 0.29) is 17.3 Å². The lowest BCUT2D eigenvalue weighted by molar-refractivity contribution is 0.0698. The number of rotatable bonds is 4. The van der Waals surface area contributed by atoms with Gasteiger partial charge in [-0.25, -0.2) is 9.59 Å². The Hall–Kier alpha value is -1.21. The number of carboxylic acids is 1. The third kappa shape index (κ3) is 4.14. The molecule has 1 atom stereocenters.